The van der Waals surface area contributed by atoms with Crippen LogP contribution in [0.3, 0.4) is 0 Å². The lowest BCUT2D eigenvalue weighted by molar-refractivity contribution is -0.137. The van der Waals surface area contributed by atoms with E-state index < -0.39 is 23.7 Å². The Balaban J connectivity index is 2.54. The summed E-state index contributed by atoms with van der Waals surface area (Å²) >= 11 is 0. The largest absolute Gasteiger partial charge is 0.448 e. The van der Waals surface area contributed by atoms with Crippen molar-refractivity contribution < 1.29 is 27.1 Å². The van der Waals surface area contributed by atoms with Crippen LogP contribution in [-0.4, -0.2) is 19.2 Å². The maximum atomic E-state index is 13.0. The van der Waals surface area contributed by atoms with Gasteiger partial charge in [0.15, 0.2) is 0 Å². The molecule has 19 heavy (non-hydrogen) atoms. The van der Waals surface area contributed by atoms with Gasteiger partial charge in [0.05, 0.1) is 5.56 Å². The topological polar surface area (TPSA) is 64.4 Å². The van der Waals surface area contributed by atoms with Crippen molar-refractivity contribution in [1.82, 2.24) is 5.32 Å². The van der Waals surface area contributed by atoms with Gasteiger partial charge in [-0.15, -0.1) is 0 Å². The highest BCUT2D eigenvalue weighted by Crippen LogP contribution is 2.30. The summed E-state index contributed by atoms with van der Waals surface area (Å²) in [6.07, 6.45) is -5.53. The number of ether oxygens (including phenoxy) is 1. The van der Waals surface area contributed by atoms with E-state index in [1.54, 1.807) is 0 Å². The molecule has 106 valence electrons. The SMILES string of the molecule is NC(=O)OCCNCc1cc(F)cc(C(F)(F)F)c1. The lowest BCUT2D eigenvalue weighted by atomic mass is 10.1. The lowest BCUT2D eigenvalue weighted by Crippen LogP contribution is -2.23. The van der Waals surface area contributed by atoms with Crippen LogP contribution in [0.5, 0.6) is 0 Å². The predicted molar refractivity (Wildman–Crippen MR) is 58.6 cm³/mol. The molecule has 0 saturated carbocycles. The van der Waals surface area contributed by atoms with Crippen molar-refractivity contribution in [3.63, 3.8) is 0 Å². The molecule has 1 aromatic carbocycles. The van der Waals surface area contributed by atoms with Gasteiger partial charge < -0.3 is 15.8 Å². The monoisotopic (exact) mass is 280 g/mol. The molecule has 0 aliphatic heterocycles. The van der Waals surface area contributed by atoms with Crippen LogP contribution in [0.15, 0.2) is 18.2 Å². The summed E-state index contributed by atoms with van der Waals surface area (Å²) in [5.41, 5.74) is 3.81. The molecule has 3 N–H and O–H groups in total. The third kappa shape index (κ3) is 5.56. The molecule has 4 nitrogen and oxygen atoms in total. The zero-order valence-electron chi connectivity index (χ0n) is 9.76. The lowest BCUT2D eigenvalue weighted by Gasteiger charge is -2.10. The van der Waals surface area contributed by atoms with E-state index in [-0.39, 0.29) is 25.3 Å². The van der Waals surface area contributed by atoms with Crippen molar-refractivity contribution in [2.24, 2.45) is 5.73 Å². The van der Waals surface area contributed by atoms with E-state index in [2.05, 4.69) is 10.1 Å². The Morgan fingerprint density at radius 2 is 2.00 bits per heavy atom. The fourth-order valence-electron chi connectivity index (χ4n) is 1.37. The molecule has 0 radical (unpaired) electrons. The summed E-state index contributed by atoms with van der Waals surface area (Å²) in [4.78, 5) is 10.2. The van der Waals surface area contributed by atoms with Gasteiger partial charge in [0.2, 0.25) is 0 Å². The maximum absolute atomic E-state index is 13.0. The molecule has 0 atom stereocenters. The summed E-state index contributed by atoms with van der Waals surface area (Å²) in [7, 11) is 0. The Morgan fingerprint density at radius 3 is 2.58 bits per heavy atom. The molecule has 0 aliphatic rings. The van der Waals surface area contributed by atoms with E-state index in [1.807, 2.05) is 0 Å². The normalized spacial score (nSPS) is 11.4. The number of carbonyl (C=O) groups excluding carboxylic acids is 1. The number of nitrogens with one attached hydrogen (secondary N) is 1. The minimum Gasteiger partial charge on any atom is -0.448 e. The van der Waals surface area contributed by atoms with E-state index >= 15 is 0 Å². The van der Waals surface area contributed by atoms with Crippen molar-refractivity contribution in [2.45, 2.75) is 12.7 Å². The van der Waals surface area contributed by atoms with E-state index in [0.29, 0.717) is 6.07 Å². The van der Waals surface area contributed by atoms with Crippen LogP contribution in [0.25, 0.3) is 0 Å². The Hall–Kier alpha value is -1.83. The van der Waals surface area contributed by atoms with Crippen molar-refractivity contribution in [3.05, 3.63) is 35.1 Å². The standard InChI is InChI=1S/C11H12F4N2O2/c12-9-4-7(3-8(5-9)11(13,14)15)6-17-1-2-19-10(16)18/h3-5,17H,1-2,6H2,(H2,16,18). The first-order chi connectivity index (χ1) is 8.79. The zero-order valence-corrected chi connectivity index (χ0v) is 9.76. The second-order valence-corrected chi connectivity index (χ2v) is 3.69. The zero-order chi connectivity index (χ0) is 14.5. The van der Waals surface area contributed by atoms with Crippen LogP contribution in [0, 0.1) is 5.82 Å². The van der Waals surface area contributed by atoms with Gasteiger partial charge in [0, 0.05) is 13.1 Å². The van der Waals surface area contributed by atoms with Gasteiger partial charge in [0.25, 0.3) is 0 Å². The minimum atomic E-state index is -4.59. The third-order valence-electron chi connectivity index (χ3n) is 2.14. The molecule has 8 heteroatoms. The summed E-state index contributed by atoms with van der Waals surface area (Å²) in [5.74, 6) is -0.958. The average Bonchev–Trinajstić information content (AvgIpc) is 2.26. The Morgan fingerprint density at radius 1 is 1.32 bits per heavy atom. The number of nitrogens with two attached hydrogens (primary N) is 1. The van der Waals surface area contributed by atoms with Gasteiger partial charge >= 0.3 is 12.3 Å². The fraction of sp³-hybridized carbons (Fsp3) is 0.364. The van der Waals surface area contributed by atoms with Crippen molar-refractivity contribution in [1.29, 1.82) is 0 Å². The van der Waals surface area contributed by atoms with Gasteiger partial charge in [-0.2, -0.15) is 13.2 Å². The molecule has 0 spiro atoms. The second kappa shape index (κ2) is 6.37. The molecule has 0 aliphatic carbocycles. The van der Waals surface area contributed by atoms with Crippen LogP contribution in [0.2, 0.25) is 0 Å². The third-order valence-corrected chi connectivity index (χ3v) is 2.14. The van der Waals surface area contributed by atoms with Crippen molar-refractivity contribution >= 4 is 6.09 Å². The van der Waals surface area contributed by atoms with Crippen LogP contribution < -0.4 is 11.1 Å². The Bertz CT molecular complexity index is 449. The number of alkyl halides is 3. The Kier molecular flexibility index (Phi) is 5.11. The first-order valence-electron chi connectivity index (χ1n) is 5.28. The molecule has 1 aromatic rings. The van der Waals surface area contributed by atoms with Gasteiger partial charge in [-0.05, 0) is 23.8 Å². The highest BCUT2D eigenvalue weighted by atomic mass is 19.4. The first-order valence-corrected chi connectivity index (χ1v) is 5.28. The summed E-state index contributed by atoms with van der Waals surface area (Å²) < 4.78 is 54.7. The molecule has 0 saturated heterocycles. The van der Waals surface area contributed by atoms with Crippen LogP contribution in [-0.2, 0) is 17.5 Å². The summed E-state index contributed by atoms with van der Waals surface area (Å²) in [6.45, 7) is 0.195. The Labute approximate surface area is 106 Å². The number of hydrogen-bond donors (Lipinski definition) is 2. The predicted octanol–water partition coefficient (Wildman–Crippen LogP) is 2.03. The number of benzene rings is 1. The van der Waals surface area contributed by atoms with Crippen LogP contribution >= 0.6 is 0 Å². The number of primary amides is 1. The van der Waals surface area contributed by atoms with Gasteiger partial charge in [-0.1, -0.05) is 0 Å². The van der Waals surface area contributed by atoms with Gasteiger partial charge in [-0.25, -0.2) is 9.18 Å². The van der Waals surface area contributed by atoms with Gasteiger partial charge in [0.1, 0.15) is 12.4 Å². The molecular formula is C11H12F4N2O2. The molecule has 1 rings (SSSR count). The maximum Gasteiger partial charge on any atom is 0.416 e. The highest BCUT2D eigenvalue weighted by Gasteiger charge is 2.31. The van der Waals surface area contributed by atoms with Crippen LogP contribution in [0.1, 0.15) is 11.1 Å². The van der Waals surface area contributed by atoms with E-state index in [1.165, 1.54) is 0 Å². The van der Waals surface area contributed by atoms with Crippen LogP contribution in [0.4, 0.5) is 22.4 Å². The number of amides is 1. The number of carbonyl (C=O) groups is 1. The first kappa shape index (κ1) is 15.2. The minimum absolute atomic E-state index is 0.0168. The molecule has 0 bridgehead atoms. The molecule has 1 amide bonds. The molecule has 0 heterocycles. The number of halogens is 4. The molecule has 0 aromatic heterocycles. The van der Waals surface area contributed by atoms with E-state index in [9.17, 15) is 22.4 Å². The summed E-state index contributed by atoms with van der Waals surface area (Å²) in [6, 6.07) is 2.28. The fourth-order valence-corrected chi connectivity index (χ4v) is 1.37. The van der Waals surface area contributed by atoms with E-state index in [0.717, 1.165) is 12.1 Å². The highest BCUT2D eigenvalue weighted by molar-refractivity contribution is 5.64. The molecule has 0 fully saturated rings. The smallest absolute Gasteiger partial charge is 0.416 e. The van der Waals surface area contributed by atoms with Crippen molar-refractivity contribution in [3.8, 4) is 0 Å². The van der Waals surface area contributed by atoms with Gasteiger partial charge in [-0.3, -0.25) is 0 Å². The molecule has 0 unspecified atom stereocenters. The van der Waals surface area contributed by atoms with Crippen molar-refractivity contribution in [2.75, 3.05) is 13.2 Å². The van der Waals surface area contributed by atoms with E-state index in [4.69, 9.17) is 5.73 Å². The summed E-state index contributed by atoms with van der Waals surface area (Å²) in [5, 5.41) is 2.70. The second-order valence-electron chi connectivity index (χ2n) is 3.69. The average molecular weight is 280 g/mol. The molecular weight excluding hydrogens is 268 g/mol. The quantitative estimate of drug-likeness (QED) is 0.640. The number of rotatable bonds is 5. The number of hydrogen-bond acceptors (Lipinski definition) is 3.